The average molecular weight is 366 g/mol. The van der Waals surface area contributed by atoms with Gasteiger partial charge in [0.25, 0.3) is 0 Å². The topological polar surface area (TPSA) is 52.6 Å². The van der Waals surface area contributed by atoms with Gasteiger partial charge in [-0.05, 0) is 67.0 Å². The van der Waals surface area contributed by atoms with Crippen LogP contribution in [0.4, 0.5) is 0 Å². The van der Waals surface area contributed by atoms with Gasteiger partial charge in [-0.2, -0.15) is 0 Å². The van der Waals surface area contributed by atoms with E-state index < -0.39 is 0 Å². The zero-order valence-electron chi connectivity index (χ0n) is 15.9. The zero-order valence-corrected chi connectivity index (χ0v) is 15.9. The van der Waals surface area contributed by atoms with Crippen LogP contribution in [0.1, 0.15) is 49.4 Å². The van der Waals surface area contributed by atoms with E-state index >= 15 is 0 Å². The minimum atomic E-state index is -0.350. The number of ether oxygens (including phenoxy) is 2. The highest BCUT2D eigenvalue weighted by Crippen LogP contribution is 2.32. The number of rotatable bonds is 5. The molecule has 27 heavy (non-hydrogen) atoms. The van der Waals surface area contributed by atoms with Gasteiger partial charge in [0.15, 0.2) is 0 Å². The second-order valence-corrected chi connectivity index (χ2v) is 7.14. The molecule has 0 aromatic heterocycles. The number of esters is 2. The van der Waals surface area contributed by atoms with Crippen molar-refractivity contribution in [2.24, 2.45) is 11.8 Å². The van der Waals surface area contributed by atoms with E-state index in [0.717, 1.165) is 42.7 Å². The van der Waals surface area contributed by atoms with Crippen LogP contribution in [0.15, 0.2) is 48.5 Å². The molecule has 1 aliphatic rings. The van der Waals surface area contributed by atoms with E-state index in [2.05, 4.69) is 6.92 Å². The maximum absolute atomic E-state index is 12.4. The van der Waals surface area contributed by atoms with Crippen LogP contribution in [0.5, 0.6) is 5.75 Å². The Labute approximate surface area is 160 Å². The molecule has 0 unspecified atom stereocenters. The fourth-order valence-electron chi connectivity index (χ4n) is 3.64. The third kappa shape index (κ3) is 4.76. The van der Waals surface area contributed by atoms with E-state index in [9.17, 15) is 9.59 Å². The second-order valence-electron chi connectivity index (χ2n) is 7.14. The minimum Gasteiger partial charge on any atom is -0.465 e. The molecule has 0 atom stereocenters. The van der Waals surface area contributed by atoms with Gasteiger partial charge in [0.05, 0.1) is 18.6 Å². The number of carbonyl (C=O) groups excluding carboxylic acids is 2. The monoisotopic (exact) mass is 366 g/mol. The number of hydrogen-bond donors (Lipinski definition) is 0. The highest BCUT2D eigenvalue weighted by atomic mass is 16.5. The molecule has 0 bridgehead atoms. The molecule has 0 radical (unpaired) electrons. The van der Waals surface area contributed by atoms with Gasteiger partial charge in [0, 0.05) is 0 Å². The fraction of sp³-hybridized carbons (Fsp3) is 0.391. The molecule has 3 rings (SSSR count). The van der Waals surface area contributed by atoms with Crippen molar-refractivity contribution in [1.82, 2.24) is 0 Å². The van der Waals surface area contributed by atoms with Crippen LogP contribution in [-0.2, 0) is 9.53 Å². The molecule has 0 heterocycles. The van der Waals surface area contributed by atoms with Gasteiger partial charge in [-0.3, -0.25) is 4.79 Å². The largest absolute Gasteiger partial charge is 0.465 e. The van der Waals surface area contributed by atoms with E-state index in [-0.39, 0.29) is 17.9 Å². The van der Waals surface area contributed by atoms with E-state index in [4.69, 9.17) is 9.47 Å². The normalized spacial score (nSPS) is 19.3. The Hall–Kier alpha value is -2.62. The van der Waals surface area contributed by atoms with Crippen molar-refractivity contribution in [3.05, 3.63) is 54.1 Å². The Morgan fingerprint density at radius 2 is 1.44 bits per heavy atom. The first kappa shape index (κ1) is 19.2. The summed E-state index contributed by atoms with van der Waals surface area (Å²) in [6, 6.07) is 14.7. The van der Waals surface area contributed by atoms with Gasteiger partial charge in [-0.25, -0.2) is 4.79 Å². The molecule has 4 heteroatoms. The number of methoxy groups -OCH3 is 1. The molecule has 4 nitrogen and oxygen atoms in total. The summed E-state index contributed by atoms with van der Waals surface area (Å²) in [5.41, 5.74) is 2.50. The lowest BCUT2D eigenvalue weighted by molar-refractivity contribution is -0.140. The Bertz CT molecular complexity index is 769. The Morgan fingerprint density at radius 3 is 1.96 bits per heavy atom. The van der Waals surface area contributed by atoms with Crippen LogP contribution in [0.3, 0.4) is 0 Å². The third-order valence-electron chi connectivity index (χ3n) is 5.47. The standard InChI is InChI=1S/C23H26O4/c1-3-16-4-6-20(7-5-16)23(25)27-21-14-12-18(13-15-21)17-8-10-19(11-9-17)22(24)26-2/h8-16,20H,3-7H2,1-2H3/t16-,20-. The summed E-state index contributed by atoms with van der Waals surface area (Å²) in [6.45, 7) is 2.22. The van der Waals surface area contributed by atoms with Gasteiger partial charge < -0.3 is 9.47 Å². The van der Waals surface area contributed by atoms with Crippen molar-refractivity contribution < 1.29 is 19.1 Å². The lowest BCUT2D eigenvalue weighted by Gasteiger charge is -2.26. The number of benzene rings is 2. The molecule has 0 spiro atoms. The summed E-state index contributed by atoms with van der Waals surface area (Å²) in [5, 5.41) is 0. The van der Waals surface area contributed by atoms with Crippen molar-refractivity contribution >= 4 is 11.9 Å². The molecule has 2 aromatic rings. The van der Waals surface area contributed by atoms with E-state index in [1.807, 2.05) is 36.4 Å². The lowest BCUT2D eigenvalue weighted by Crippen LogP contribution is -2.25. The first-order chi connectivity index (χ1) is 13.1. The highest BCUT2D eigenvalue weighted by Gasteiger charge is 2.26. The molecule has 2 aromatic carbocycles. The predicted octanol–water partition coefficient (Wildman–Crippen LogP) is 5.26. The maximum Gasteiger partial charge on any atom is 0.337 e. The summed E-state index contributed by atoms with van der Waals surface area (Å²) in [4.78, 5) is 23.9. The zero-order chi connectivity index (χ0) is 19.2. The first-order valence-electron chi connectivity index (χ1n) is 9.61. The van der Waals surface area contributed by atoms with Crippen LogP contribution in [0, 0.1) is 11.8 Å². The van der Waals surface area contributed by atoms with Crippen LogP contribution in [-0.4, -0.2) is 19.0 Å². The van der Waals surface area contributed by atoms with E-state index in [1.54, 1.807) is 12.1 Å². The Morgan fingerprint density at radius 1 is 0.889 bits per heavy atom. The second kappa shape index (κ2) is 8.85. The summed E-state index contributed by atoms with van der Waals surface area (Å²) < 4.78 is 10.3. The Balaban J connectivity index is 1.60. The summed E-state index contributed by atoms with van der Waals surface area (Å²) >= 11 is 0. The fourth-order valence-corrected chi connectivity index (χ4v) is 3.64. The third-order valence-corrected chi connectivity index (χ3v) is 5.47. The quantitative estimate of drug-likeness (QED) is 0.535. The summed E-state index contributed by atoms with van der Waals surface area (Å²) in [5.74, 6) is 0.904. The van der Waals surface area contributed by atoms with Crippen molar-refractivity contribution in [3.63, 3.8) is 0 Å². The molecule has 0 N–H and O–H groups in total. The SMILES string of the molecule is CC[C@H]1CC[C@H](C(=O)Oc2ccc(-c3ccc(C(=O)OC)cc3)cc2)CC1. The molecule has 1 fully saturated rings. The minimum absolute atomic E-state index is 0.0262. The van der Waals surface area contributed by atoms with Crippen molar-refractivity contribution in [1.29, 1.82) is 0 Å². The van der Waals surface area contributed by atoms with Gasteiger partial charge in [-0.15, -0.1) is 0 Å². The predicted molar refractivity (Wildman–Crippen MR) is 105 cm³/mol. The number of carbonyl (C=O) groups is 2. The van der Waals surface area contributed by atoms with Crippen LogP contribution in [0.2, 0.25) is 0 Å². The molecule has 0 aliphatic heterocycles. The molecule has 0 amide bonds. The van der Waals surface area contributed by atoms with Crippen LogP contribution < -0.4 is 4.74 Å². The molecule has 1 aliphatic carbocycles. The first-order valence-corrected chi connectivity index (χ1v) is 9.61. The molecular formula is C23H26O4. The summed E-state index contributed by atoms with van der Waals surface area (Å²) in [6.07, 6.45) is 5.31. The molecule has 1 saturated carbocycles. The van der Waals surface area contributed by atoms with Gasteiger partial charge in [-0.1, -0.05) is 37.6 Å². The number of hydrogen-bond acceptors (Lipinski definition) is 4. The van der Waals surface area contributed by atoms with Crippen molar-refractivity contribution in [2.45, 2.75) is 39.0 Å². The highest BCUT2D eigenvalue weighted by molar-refractivity contribution is 5.90. The van der Waals surface area contributed by atoms with E-state index in [0.29, 0.717) is 11.3 Å². The van der Waals surface area contributed by atoms with Crippen molar-refractivity contribution in [3.8, 4) is 16.9 Å². The molecule has 0 saturated heterocycles. The van der Waals surface area contributed by atoms with Crippen LogP contribution >= 0.6 is 0 Å². The van der Waals surface area contributed by atoms with Crippen molar-refractivity contribution in [2.75, 3.05) is 7.11 Å². The van der Waals surface area contributed by atoms with E-state index in [1.165, 1.54) is 13.5 Å². The maximum atomic E-state index is 12.4. The Kier molecular flexibility index (Phi) is 6.28. The van der Waals surface area contributed by atoms with Gasteiger partial charge in [0.1, 0.15) is 5.75 Å². The van der Waals surface area contributed by atoms with Crippen LogP contribution in [0.25, 0.3) is 11.1 Å². The van der Waals surface area contributed by atoms with Gasteiger partial charge >= 0.3 is 11.9 Å². The molecular weight excluding hydrogens is 340 g/mol. The average Bonchev–Trinajstić information content (AvgIpc) is 2.74. The van der Waals surface area contributed by atoms with Gasteiger partial charge in [0.2, 0.25) is 0 Å². The lowest BCUT2D eigenvalue weighted by atomic mass is 9.81. The smallest absolute Gasteiger partial charge is 0.337 e. The molecule has 142 valence electrons. The summed E-state index contributed by atoms with van der Waals surface area (Å²) in [7, 11) is 1.37.